The van der Waals surface area contributed by atoms with Crippen LogP contribution in [0.1, 0.15) is 52.9 Å². The fraction of sp³-hybridized carbons (Fsp3) is 1.00. The van der Waals surface area contributed by atoms with E-state index < -0.39 is 16.3 Å². The van der Waals surface area contributed by atoms with E-state index in [-0.39, 0.29) is 6.54 Å². The highest BCUT2D eigenvalue weighted by Crippen LogP contribution is 2.08. The Morgan fingerprint density at radius 3 is 2.33 bits per heavy atom. The van der Waals surface area contributed by atoms with Crippen LogP contribution >= 0.6 is 0 Å². The highest BCUT2D eigenvalue weighted by molar-refractivity contribution is 7.87. The first-order valence-corrected chi connectivity index (χ1v) is 8.28. The zero-order chi connectivity index (χ0) is 14.0. The van der Waals surface area contributed by atoms with Crippen molar-refractivity contribution >= 4 is 10.2 Å². The summed E-state index contributed by atoms with van der Waals surface area (Å²) in [5, 5.41) is 9.64. The minimum Gasteiger partial charge on any atom is -0.392 e. The lowest BCUT2D eigenvalue weighted by Crippen LogP contribution is -2.40. The molecule has 0 aliphatic rings. The van der Waals surface area contributed by atoms with Gasteiger partial charge in [0.1, 0.15) is 0 Å². The highest BCUT2D eigenvalue weighted by Gasteiger charge is 2.11. The molecule has 1 unspecified atom stereocenters. The summed E-state index contributed by atoms with van der Waals surface area (Å²) in [5.41, 5.74) is 0. The summed E-state index contributed by atoms with van der Waals surface area (Å²) in [6, 6.07) is 0. The van der Waals surface area contributed by atoms with Crippen LogP contribution in [-0.2, 0) is 10.2 Å². The topological polar surface area (TPSA) is 78.4 Å². The van der Waals surface area contributed by atoms with Crippen LogP contribution in [0.2, 0.25) is 0 Å². The maximum absolute atomic E-state index is 11.5. The van der Waals surface area contributed by atoms with Gasteiger partial charge in [-0.05, 0) is 18.8 Å². The summed E-state index contributed by atoms with van der Waals surface area (Å²) >= 11 is 0. The third-order valence-corrected chi connectivity index (χ3v) is 3.78. The molecule has 0 radical (unpaired) electrons. The lowest BCUT2D eigenvalue weighted by Gasteiger charge is -2.13. The van der Waals surface area contributed by atoms with Crippen LogP contribution in [0.4, 0.5) is 0 Å². The van der Waals surface area contributed by atoms with Crippen molar-refractivity contribution in [2.45, 2.75) is 59.0 Å². The summed E-state index contributed by atoms with van der Waals surface area (Å²) in [6.45, 7) is 6.79. The Kier molecular flexibility index (Phi) is 9.63. The number of hydrogen-bond donors (Lipinski definition) is 3. The van der Waals surface area contributed by atoms with E-state index in [0.29, 0.717) is 18.9 Å². The van der Waals surface area contributed by atoms with Crippen LogP contribution < -0.4 is 9.44 Å². The predicted molar refractivity (Wildman–Crippen MR) is 74.5 cm³/mol. The van der Waals surface area contributed by atoms with Gasteiger partial charge in [0.15, 0.2) is 0 Å². The summed E-state index contributed by atoms with van der Waals surface area (Å²) in [5.74, 6) is 0.615. The second-order valence-corrected chi connectivity index (χ2v) is 6.66. The molecule has 0 fully saturated rings. The number of unbranched alkanes of at least 4 members (excludes halogenated alkanes) is 1. The van der Waals surface area contributed by atoms with Gasteiger partial charge in [-0.2, -0.15) is 13.1 Å². The van der Waals surface area contributed by atoms with E-state index >= 15 is 0 Å². The first kappa shape index (κ1) is 17.8. The van der Waals surface area contributed by atoms with Gasteiger partial charge in [-0.15, -0.1) is 0 Å². The number of aliphatic hydroxyl groups is 1. The van der Waals surface area contributed by atoms with Crippen LogP contribution in [0.25, 0.3) is 0 Å². The Morgan fingerprint density at radius 2 is 1.78 bits per heavy atom. The van der Waals surface area contributed by atoms with Crippen molar-refractivity contribution in [2.24, 2.45) is 5.92 Å². The van der Waals surface area contributed by atoms with Gasteiger partial charge in [0.05, 0.1) is 6.10 Å². The van der Waals surface area contributed by atoms with Crippen molar-refractivity contribution in [1.82, 2.24) is 9.44 Å². The molecule has 5 nitrogen and oxygen atoms in total. The smallest absolute Gasteiger partial charge is 0.276 e. The normalized spacial score (nSPS) is 14.1. The van der Waals surface area contributed by atoms with Crippen molar-refractivity contribution < 1.29 is 13.5 Å². The van der Waals surface area contributed by atoms with Gasteiger partial charge in [-0.3, -0.25) is 0 Å². The molecule has 0 rings (SSSR count). The molecular weight excluding hydrogens is 252 g/mol. The Labute approximate surface area is 112 Å². The molecule has 0 saturated heterocycles. The number of aliphatic hydroxyl groups excluding tert-OH is 1. The van der Waals surface area contributed by atoms with Crippen LogP contribution in [-0.4, -0.2) is 32.7 Å². The fourth-order valence-electron chi connectivity index (χ4n) is 1.50. The molecule has 1 atom stereocenters. The van der Waals surface area contributed by atoms with Crippen molar-refractivity contribution in [3.8, 4) is 0 Å². The second-order valence-electron chi connectivity index (χ2n) is 5.08. The van der Waals surface area contributed by atoms with Gasteiger partial charge in [-0.25, -0.2) is 4.72 Å². The van der Waals surface area contributed by atoms with E-state index in [1.165, 1.54) is 0 Å². The Balaban J connectivity index is 3.72. The lowest BCUT2D eigenvalue weighted by molar-refractivity contribution is 0.163. The van der Waals surface area contributed by atoms with Gasteiger partial charge >= 0.3 is 0 Å². The molecule has 0 aromatic carbocycles. The molecule has 0 aliphatic heterocycles. The average Bonchev–Trinajstić information content (AvgIpc) is 2.26. The van der Waals surface area contributed by atoms with Crippen LogP contribution in [0.5, 0.6) is 0 Å². The van der Waals surface area contributed by atoms with Crippen molar-refractivity contribution in [3.05, 3.63) is 0 Å². The largest absolute Gasteiger partial charge is 0.392 e. The number of hydrogen-bond acceptors (Lipinski definition) is 3. The fourth-order valence-corrected chi connectivity index (χ4v) is 2.43. The zero-order valence-corrected chi connectivity index (χ0v) is 12.6. The molecule has 18 heavy (non-hydrogen) atoms. The molecule has 0 aliphatic carbocycles. The summed E-state index contributed by atoms with van der Waals surface area (Å²) in [4.78, 5) is 0. The van der Waals surface area contributed by atoms with E-state index in [4.69, 9.17) is 0 Å². The van der Waals surface area contributed by atoms with Gasteiger partial charge in [-0.1, -0.05) is 40.0 Å². The van der Waals surface area contributed by atoms with E-state index in [1.807, 2.05) is 6.92 Å². The molecular formula is C12H28N2O3S. The summed E-state index contributed by atoms with van der Waals surface area (Å²) in [6.07, 6.45) is 3.77. The van der Waals surface area contributed by atoms with Crippen molar-refractivity contribution in [2.75, 3.05) is 13.1 Å². The van der Waals surface area contributed by atoms with E-state index in [1.54, 1.807) is 0 Å². The minimum absolute atomic E-state index is 0.0829. The first-order chi connectivity index (χ1) is 8.37. The molecule has 0 spiro atoms. The Morgan fingerprint density at radius 1 is 1.11 bits per heavy atom. The van der Waals surface area contributed by atoms with Crippen molar-refractivity contribution in [3.63, 3.8) is 0 Å². The number of rotatable bonds is 11. The summed E-state index contributed by atoms with van der Waals surface area (Å²) in [7, 11) is -3.45. The van der Waals surface area contributed by atoms with Gasteiger partial charge in [0.25, 0.3) is 10.2 Å². The van der Waals surface area contributed by atoms with Gasteiger partial charge in [0, 0.05) is 13.1 Å². The standard InChI is InChI=1S/C12H28N2O3S/c1-4-5-9-13-18(16,17)14-10-12(15)8-6-7-11(2)3/h11-15H,4-10H2,1-3H3. The highest BCUT2D eigenvalue weighted by atomic mass is 32.2. The quantitative estimate of drug-likeness (QED) is 0.501. The van der Waals surface area contributed by atoms with E-state index in [0.717, 1.165) is 25.7 Å². The second kappa shape index (κ2) is 9.72. The third kappa shape index (κ3) is 11.0. The molecule has 0 heterocycles. The SMILES string of the molecule is CCCCNS(=O)(=O)NCC(O)CCCC(C)C. The molecule has 0 amide bonds. The summed E-state index contributed by atoms with van der Waals surface area (Å²) < 4.78 is 27.7. The molecule has 0 aromatic rings. The van der Waals surface area contributed by atoms with Gasteiger partial charge in [0.2, 0.25) is 0 Å². The third-order valence-electron chi connectivity index (χ3n) is 2.65. The van der Waals surface area contributed by atoms with E-state index in [2.05, 4.69) is 23.3 Å². The van der Waals surface area contributed by atoms with Crippen LogP contribution in [0.15, 0.2) is 0 Å². The molecule has 3 N–H and O–H groups in total. The van der Waals surface area contributed by atoms with E-state index in [9.17, 15) is 13.5 Å². The molecule has 0 bridgehead atoms. The zero-order valence-electron chi connectivity index (χ0n) is 11.8. The Hall–Kier alpha value is -0.170. The molecule has 0 saturated carbocycles. The lowest BCUT2D eigenvalue weighted by atomic mass is 10.0. The molecule has 6 heteroatoms. The maximum Gasteiger partial charge on any atom is 0.276 e. The minimum atomic E-state index is -3.45. The maximum atomic E-state index is 11.5. The molecule has 110 valence electrons. The van der Waals surface area contributed by atoms with Crippen LogP contribution in [0.3, 0.4) is 0 Å². The van der Waals surface area contributed by atoms with Crippen molar-refractivity contribution in [1.29, 1.82) is 0 Å². The first-order valence-electron chi connectivity index (χ1n) is 6.79. The molecule has 0 aromatic heterocycles. The predicted octanol–water partition coefficient (Wildman–Crippen LogP) is 1.40. The van der Waals surface area contributed by atoms with Crippen LogP contribution in [0, 0.1) is 5.92 Å². The number of nitrogens with one attached hydrogen (secondary N) is 2. The monoisotopic (exact) mass is 280 g/mol. The van der Waals surface area contributed by atoms with Gasteiger partial charge < -0.3 is 5.11 Å². The average molecular weight is 280 g/mol. The Bertz CT molecular complexity index is 292.